The van der Waals surface area contributed by atoms with Gasteiger partial charge in [0.25, 0.3) is 0 Å². The maximum atomic E-state index is 12.1. The van der Waals surface area contributed by atoms with Crippen LogP contribution in [-0.4, -0.2) is 33.3 Å². The summed E-state index contributed by atoms with van der Waals surface area (Å²) in [6.45, 7) is 4.07. The Morgan fingerprint density at radius 3 is 2.78 bits per heavy atom. The highest BCUT2D eigenvalue weighted by atomic mass is 16.5. The molecule has 1 fully saturated rings. The van der Waals surface area contributed by atoms with E-state index in [1.807, 2.05) is 13.8 Å². The number of hydrogen-bond donors (Lipinski definition) is 0. The molecule has 0 unspecified atom stereocenters. The van der Waals surface area contributed by atoms with Gasteiger partial charge in [0.05, 0.1) is 12.0 Å². The molecule has 1 aromatic rings. The smallest absolute Gasteiger partial charge is 0.143 e. The minimum atomic E-state index is -0.195. The zero-order valence-corrected chi connectivity index (χ0v) is 11.3. The summed E-state index contributed by atoms with van der Waals surface area (Å²) in [7, 11) is 1.70. The first kappa shape index (κ1) is 13.2. The fraction of sp³-hybridized carbons (Fsp3) is 0.769. The van der Waals surface area contributed by atoms with E-state index in [2.05, 4.69) is 10.1 Å². The Balaban J connectivity index is 1.97. The summed E-state index contributed by atoms with van der Waals surface area (Å²) in [5, 5.41) is 4.14. The average molecular weight is 251 g/mol. The van der Waals surface area contributed by atoms with Crippen molar-refractivity contribution in [3.05, 3.63) is 12.2 Å². The van der Waals surface area contributed by atoms with Crippen LogP contribution in [0.2, 0.25) is 0 Å². The highest BCUT2D eigenvalue weighted by Gasteiger charge is 2.38. The zero-order valence-electron chi connectivity index (χ0n) is 11.3. The fourth-order valence-corrected chi connectivity index (χ4v) is 2.45. The van der Waals surface area contributed by atoms with Crippen molar-refractivity contribution >= 4 is 5.78 Å². The lowest BCUT2D eigenvalue weighted by atomic mass is 9.76. The second kappa shape index (κ2) is 5.18. The molecule has 0 aliphatic heterocycles. The summed E-state index contributed by atoms with van der Waals surface area (Å²) < 4.78 is 7.28. The summed E-state index contributed by atoms with van der Waals surface area (Å²) in [5.74, 6) is 0.937. The van der Waals surface area contributed by atoms with Crippen molar-refractivity contribution in [1.82, 2.24) is 14.8 Å². The molecular weight excluding hydrogens is 230 g/mol. The molecule has 1 heterocycles. The topological polar surface area (TPSA) is 57.0 Å². The van der Waals surface area contributed by atoms with Gasteiger partial charge in [0, 0.05) is 19.6 Å². The van der Waals surface area contributed by atoms with Crippen molar-refractivity contribution in [1.29, 1.82) is 0 Å². The number of methoxy groups -OCH3 is 1. The van der Waals surface area contributed by atoms with Crippen LogP contribution in [0.3, 0.4) is 0 Å². The molecule has 0 N–H and O–H groups in total. The summed E-state index contributed by atoms with van der Waals surface area (Å²) in [4.78, 5) is 16.3. The van der Waals surface area contributed by atoms with E-state index in [4.69, 9.17) is 4.74 Å². The number of carbonyl (C=O) groups is 1. The van der Waals surface area contributed by atoms with Gasteiger partial charge in [-0.25, -0.2) is 9.67 Å². The molecule has 5 heteroatoms. The van der Waals surface area contributed by atoms with Crippen LogP contribution in [-0.2, 0) is 16.0 Å². The van der Waals surface area contributed by atoms with Crippen LogP contribution in [0, 0.1) is 0 Å². The van der Waals surface area contributed by atoms with Crippen LogP contribution in [0.25, 0.3) is 0 Å². The Morgan fingerprint density at radius 2 is 2.28 bits per heavy atom. The lowest BCUT2D eigenvalue weighted by molar-refractivity contribution is -0.131. The SMILES string of the molecule is COC1(CC(=O)Cc2ncnn2C(C)C)CCC1. The molecule has 1 aliphatic rings. The number of hydrogen-bond acceptors (Lipinski definition) is 4. The monoisotopic (exact) mass is 251 g/mol. The molecule has 0 spiro atoms. The number of carbonyl (C=O) groups excluding carboxylic acids is 1. The van der Waals surface area contributed by atoms with Crippen LogP contribution in [0.5, 0.6) is 0 Å². The Kier molecular flexibility index (Phi) is 3.80. The molecule has 1 saturated carbocycles. The quantitative estimate of drug-likeness (QED) is 0.775. The van der Waals surface area contributed by atoms with E-state index in [0.717, 1.165) is 25.1 Å². The van der Waals surface area contributed by atoms with Crippen molar-refractivity contribution in [2.24, 2.45) is 0 Å². The Labute approximate surface area is 108 Å². The van der Waals surface area contributed by atoms with Gasteiger partial charge in [-0.1, -0.05) is 0 Å². The predicted octanol–water partition coefficient (Wildman–Crippen LogP) is 1.93. The molecule has 0 amide bonds. The third-order valence-electron chi connectivity index (χ3n) is 3.71. The lowest BCUT2D eigenvalue weighted by Gasteiger charge is -2.40. The van der Waals surface area contributed by atoms with E-state index < -0.39 is 0 Å². The average Bonchev–Trinajstić information content (AvgIpc) is 2.71. The van der Waals surface area contributed by atoms with Crippen LogP contribution in [0.4, 0.5) is 0 Å². The molecule has 18 heavy (non-hydrogen) atoms. The molecule has 100 valence electrons. The van der Waals surface area contributed by atoms with Crippen LogP contribution >= 0.6 is 0 Å². The molecule has 5 nitrogen and oxygen atoms in total. The minimum Gasteiger partial charge on any atom is -0.378 e. The highest BCUT2D eigenvalue weighted by molar-refractivity contribution is 5.81. The van der Waals surface area contributed by atoms with Gasteiger partial charge in [-0.2, -0.15) is 5.10 Å². The summed E-state index contributed by atoms with van der Waals surface area (Å²) >= 11 is 0. The highest BCUT2D eigenvalue weighted by Crippen LogP contribution is 2.38. The van der Waals surface area contributed by atoms with Gasteiger partial charge in [0.15, 0.2) is 0 Å². The molecule has 2 rings (SSSR count). The van der Waals surface area contributed by atoms with Gasteiger partial charge >= 0.3 is 0 Å². The number of ether oxygens (including phenoxy) is 1. The number of aromatic nitrogens is 3. The number of Topliss-reactive ketones (excluding diaryl/α,β-unsaturated/α-hetero) is 1. The van der Waals surface area contributed by atoms with E-state index in [9.17, 15) is 4.79 Å². The van der Waals surface area contributed by atoms with Crippen molar-refractivity contribution in [3.63, 3.8) is 0 Å². The molecule has 0 atom stereocenters. The van der Waals surface area contributed by atoms with Crippen LogP contribution in [0.1, 0.15) is 51.4 Å². The van der Waals surface area contributed by atoms with Crippen molar-refractivity contribution < 1.29 is 9.53 Å². The predicted molar refractivity (Wildman–Crippen MR) is 67.3 cm³/mol. The maximum Gasteiger partial charge on any atom is 0.143 e. The Hall–Kier alpha value is -1.23. The number of rotatable bonds is 6. The first-order valence-electron chi connectivity index (χ1n) is 6.51. The second-order valence-electron chi connectivity index (χ2n) is 5.35. The Morgan fingerprint density at radius 1 is 1.56 bits per heavy atom. The standard InChI is InChI=1S/C13H21N3O2/c1-10(2)16-12(14-9-15-16)7-11(17)8-13(18-3)5-4-6-13/h9-10H,4-8H2,1-3H3. The molecular formula is C13H21N3O2. The summed E-state index contributed by atoms with van der Waals surface area (Å²) in [5.41, 5.74) is -0.195. The third kappa shape index (κ3) is 2.61. The number of ketones is 1. The van der Waals surface area contributed by atoms with E-state index in [1.165, 1.54) is 6.33 Å². The first-order valence-corrected chi connectivity index (χ1v) is 6.51. The molecule has 0 radical (unpaired) electrons. The second-order valence-corrected chi connectivity index (χ2v) is 5.35. The van der Waals surface area contributed by atoms with E-state index in [1.54, 1.807) is 11.8 Å². The lowest BCUT2D eigenvalue weighted by Crippen LogP contribution is -2.41. The van der Waals surface area contributed by atoms with E-state index in [-0.39, 0.29) is 17.4 Å². The summed E-state index contributed by atoms with van der Waals surface area (Å²) in [6.07, 6.45) is 5.50. The van der Waals surface area contributed by atoms with Crippen LogP contribution < -0.4 is 0 Å². The first-order chi connectivity index (χ1) is 8.56. The van der Waals surface area contributed by atoms with Crippen molar-refractivity contribution in [3.8, 4) is 0 Å². The zero-order chi connectivity index (χ0) is 13.2. The van der Waals surface area contributed by atoms with Gasteiger partial charge in [-0.3, -0.25) is 4.79 Å². The molecule has 1 aromatic heterocycles. The van der Waals surface area contributed by atoms with Crippen molar-refractivity contribution in [2.75, 3.05) is 7.11 Å². The van der Waals surface area contributed by atoms with Crippen molar-refractivity contribution in [2.45, 2.75) is 57.6 Å². The fourth-order valence-electron chi connectivity index (χ4n) is 2.45. The van der Waals surface area contributed by atoms with Gasteiger partial charge in [0.1, 0.15) is 17.9 Å². The van der Waals surface area contributed by atoms with Gasteiger partial charge in [-0.15, -0.1) is 0 Å². The van der Waals surface area contributed by atoms with Crippen LogP contribution in [0.15, 0.2) is 6.33 Å². The largest absolute Gasteiger partial charge is 0.378 e. The van der Waals surface area contributed by atoms with Gasteiger partial charge in [-0.05, 0) is 33.1 Å². The minimum absolute atomic E-state index is 0.187. The molecule has 1 aliphatic carbocycles. The van der Waals surface area contributed by atoms with Gasteiger partial charge < -0.3 is 4.74 Å². The normalized spacial score (nSPS) is 17.8. The molecule has 0 bridgehead atoms. The maximum absolute atomic E-state index is 12.1. The third-order valence-corrected chi connectivity index (χ3v) is 3.71. The van der Waals surface area contributed by atoms with Gasteiger partial charge in [0.2, 0.25) is 0 Å². The van der Waals surface area contributed by atoms with E-state index in [0.29, 0.717) is 12.8 Å². The summed E-state index contributed by atoms with van der Waals surface area (Å²) in [6, 6.07) is 0.232. The number of nitrogens with zero attached hydrogens (tertiary/aromatic N) is 3. The van der Waals surface area contributed by atoms with E-state index >= 15 is 0 Å². The molecule has 0 aromatic carbocycles. The molecule has 0 saturated heterocycles. The Bertz CT molecular complexity index is 416.